The molecule has 3 aromatic rings. The molecule has 0 saturated carbocycles. The lowest BCUT2D eigenvalue weighted by atomic mass is 10.2. The molecule has 1 amide bonds. The van der Waals surface area contributed by atoms with E-state index in [9.17, 15) is 13.2 Å². The molecule has 0 spiro atoms. The fourth-order valence-corrected chi connectivity index (χ4v) is 4.15. The van der Waals surface area contributed by atoms with Crippen molar-refractivity contribution in [2.45, 2.75) is 18.4 Å². The number of methoxy groups -OCH3 is 1. The van der Waals surface area contributed by atoms with Crippen LogP contribution < -0.4 is 14.2 Å². The number of sulfonamides is 1. The first kappa shape index (κ1) is 21.6. The van der Waals surface area contributed by atoms with Crippen molar-refractivity contribution in [1.82, 2.24) is 9.71 Å². The summed E-state index contributed by atoms with van der Waals surface area (Å²) in [7, 11) is -2.67. The number of nitrogens with zero attached hydrogens (tertiary/aromatic N) is 1. The van der Waals surface area contributed by atoms with E-state index in [0.717, 1.165) is 5.69 Å². The third-order valence-electron chi connectivity index (χ3n) is 4.26. The summed E-state index contributed by atoms with van der Waals surface area (Å²) < 4.78 is 38.3. The van der Waals surface area contributed by atoms with Crippen LogP contribution >= 0.6 is 11.6 Å². The standard InChI is InChI=1S/C21H19ClN2O5S/c1-14-17(22)7-5-8-20(14)30(26,27)24-21(25)15-9-10-18(19(12-15)28-2)29-13-16-6-3-4-11-23-16/h3-12H,13H2,1-2H3,(H,24,25). The van der Waals surface area contributed by atoms with Crippen LogP contribution in [0.1, 0.15) is 21.6 Å². The lowest BCUT2D eigenvalue weighted by Gasteiger charge is -2.13. The molecule has 0 radical (unpaired) electrons. The van der Waals surface area contributed by atoms with Crippen LogP contribution in [0.3, 0.4) is 0 Å². The van der Waals surface area contributed by atoms with Gasteiger partial charge in [-0.05, 0) is 55.0 Å². The number of aromatic nitrogens is 1. The molecule has 2 aromatic carbocycles. The zero-order valence-electron chi connectivity index (χ0n) is 16.3. The number of ether oxygens (including phenoxy) is 2. The molecule has 7 nitrogen and oxygen atoms in total. The van der Waals surface area contributed by atoms with Gasteiger partial charge < -0.3 is 9.47 Å². The minimum Gasteiger partial charge on any atom is -0.493 e. The highest BCUT2D eigenvalue weighted by Crippen LogP contribution is 2.29. The number of benzene rings is 2. The van der Waals surface area contributed by atoms with Crippen molar-refractivity contribution < 1.29 is 22.7 Å². The van der Waals surface area contributed by atoms with Crippen molar-refractivity contribution in [3.05, 3.63) is 82.6 Å². The number of amides is 1. The maximum atomic E-state index is 12.6. The highest BCUT2D eigenvalue weighted by Gasteiger charge is 2.22. The lowest BCUT2D eigenvalue weighted by Crippen LogP contribution is -2.31. The Morgan fingerprint density at radius 3 is 2.60 bits per heavy atom. The van der Waals surface area contributed by atoms with Gasteiger partial charge in [0.2, 0.25) is 0 Å². The molecular weight excluding hydrogens is 428 g/mol. The third-order valence-corrected chi connectivity index (χ3v) is 6.15. The molecule has 0 fully saturated rings. The molecule has 0 aliphatic heterocycles. The first-order chi connectivity index (χ1) is 14.3. The maximum Gasteiger partial charge on any atom is 0.265 e. The highest BCUT2D eigenvalue weighted by molar-refractivity contribution is 7.90. The topological polar surface area (TPSA) is 94.6 Å². The Morgan fingerprint density at radius 1 is 1.10 bits per heavy atom. The van der Waals surface area contributed by atoms with Gasteiger partial charge in [-0.3, -0.25) is 9.78 Å². The summed E-state index contributed by atoms with van der Waals surface area (Å²) in [6, 6.07) is 14.3. The van der Waals surface area contributed by atoms with Crippen molar-refractivity contribution in [1.29, 1.82) is 0 Å². The lowest BCUT2D eigenvalue weighted by molar-refractivity contribution is 0.0981. The summed E-state index contributed by atoms with van der Waals surface area (Å²) in [6.45, 7) is 1.78. The Kier molecular flexibility index (Phi) is 6.59. The molecule has 3 rings (SSSR count). The minimum absolute atomic E-state index is 0.0642. The summed E-state index contributed by atoms with van der Waals surface area (Å²) in [6.07, 6.45) is 1.66. The van der Waals surface area contributed by atoms with Gasteiger partial charge in [-0.2, -0.15) is 0 Å². The fraction of sp³-hybridized carbons (Fsp3) is 0.143. The number of nitrogens with one attached hydrogen (secondary N) is 1. The van der Waals surface area contributed by atoms with Gasteiger partial charge in [0.05, 0.1) is 17.7 Å². The van der Waals surface area contributed by atoms with E-state index in [1.165, 1.54) is 37.4 Å². The van der Waals surface area contributed by atoms with E-state index in [1.54, 1.807) is 25.3 Å². The van der Waals surface area contributed by atoms with Crippen molar-refractivity contribution in [3.8, 4) is 11.5 Å². The molecule has 30 heavy (non-hydrogen) atoms. The molecule has 156 valence electrons. The van der Waals surface area contributed by atoms with Crippen LogP contribution in [0.5, 0.6) is 11.5 Å². The third kappa shape index (κ3) is 4.90. The average Bonchev–Trinajstić information content (AvgIpc) is 2.74. The summed E-state index contributed by atoms with van der Waals surface area (Å²) >= 11 is 5.99. The molecule has 0 atom stereocenters. The smallest absolute Gasteiger partial charge is 0.265 e. The van der Waals surface area contributed by atoms with Gasteiger partial charge in [-0.25, -0.2) is 13.1 Å². The minimum atomic E-state index is -4.10. The molecule has 0 saturated heterocycles. The van der Waals surface area contributed by atoms with E-state index in [-0.39, 0.29) is 22.8 Å². The number of pyridine rings is 1. The molecule has 0 unspecified atom stereocenters. The number of rotatable bonds is 7. The van der Waals surface area contributed by atoms with E-state index in [0.29, 0.717) is 16.3 Å². The molecule has 0 aliphatic carbocycles. The van der Waals surface area contributed by atoms with Crippen LogP contribution in [0.4, 0.5) is 0 Å². The van der Waals surface area contributed by atoms with Crippen molar-refractivity contribution in [2.75, 3.05) is 7.11 Å². The molecule has 1 aromatic heterocycles. The summed E-state index contributed by atoms with van der Waals surface area (Å²) in [5.74, 6) is -0.118. The van der Waals surface area contributed by atoms with Gasteiger partial charge in [0.15, 0.2) is 11.5 Å². The summed E-state index contributed by atoms with van der Waals surface area (Å²) in [5, 5.41) is 0.293. The quantitative estimate of drug-likeness (QED) is 0.594. The monoisotopic (exact) mass is 446 g/mol. The first-order valence-electron chi connectivity index (χ1n) is 8.85. The molecule has 0 bridgehead atoms. The Hall–Kier alpha value is -3.10. The zero-order chi connectivity index (χ0) is 21.7. The highest BCUT2D eigenvalue weighted by atomic mass is 35.5. The van der Waals surface area contributed by atoms with Gasteiger partial charge in [-0.1, -0.05) is 23.7 Å². The van der Waals surface area contributed by atoms with Crippen LogP contribution in [-0.4, -0.2) is 26.4 Å². The largest absolute Gasteiger partial charge is 0.493 e. The second-order valence-electron chi connectivity index (χ2n) is 6.27. The van der Waals surface area contributed by atoms with Crippen LogP contribution in [-0.2, 0) is 16.6 Å². The maximum absolute atomic E-state index is 12.6. The number of carbonyl (C=O) groups is 1. The fourth-order valence-electron chi connectivity index (χ4n) is 2.68. The number of halogens is 1. The molecule has 0 aliphatic rings. The van der Waals surface area contributed by atoms with Crippen molar-refractivity contribution in [2.24, 2.45) is 0 Å². The van der Waals surface area contributed by atoms with E-state index < -0.39 is 15.9 Å². The number of carbonyl (C=O) groups excluding carboxylic acids is 1. The van der Waals surface area contributed by atoms with Crippen molar-refractivity contribution >= 4 is 27.5 Å². The normalized spacial score (nSPS) is 11.0. The first-order valence-corrected chi connectivity index (χ1v) is 10.7. The van der Waals surface area contributed by atoms with E-state index in [4.69, 9.17) is 21.1 Å². The predicted molar refractivity (Wildman–Crippen MR) is 112 cm³/mol. The average molecular weight is 447 g/mol. The SMILES string of the molecule is COc1cc(C(=O)NS(=O)(=O)c2cccc(Cl)c2C)ccc1OCc1ccccn1. The summed E-state index contributed by atoms with van der Waals surface area (Å²) in [4.78, 5) is 16.7. The van der Waals surface area contributed by atoms with Gasteiger partial charge >= 0.3 is 0 Å². The van der Waals surface area contributed by atoms with Gasteiger partial charge in [0.1, 0.15) is 6.61 Å². The van der Waals surface area contributed by atoms with E-state index in [2.05, 4.69) is 9.71 Å². The number of hydrogen-bond acceptors (Lipinski definition) is 6. The van der Waals surface area contributed by atoms with Crippen LogP contribution in [0.2, 0.25) is 5.02 Å². The molecule has 1 N–H and O–H groups in total. The molecule has 1 heterocycles. The molecular formula is C21H19ClN2O5S. The second-order valence-corrected chi connectivity index (χ2v) is 8.33. The van der Waals surface area contributed by atoms with Crippen LogP contribution in [0, 0.1) is 6.92 Å². The second kappa shape index (κ2) is 9.15. The van der Waals surface area contributed by atoms with Gasteiger partial charge in [-0.15, -0.1) is 0 Å². The Balaban J connectivity index is 1.78. The summed E-state index contributed by atoms with van der Waals surface area (Å²) in [5.41, 5.74) is 1.18. The molecule has 9 heteroatoms. The van der Waals surface area contributed by atoms with Gasteiger partial charge in [0, 0.05) is 16.8 Å². The predicted octanol–water partition coefficient (Wildman–Crippen LogP) is 3.75. The number of hydrogen-bond donors (Lipinski definition) is 1. The Morgan fingerprint density at radius 2 is 1.90 bits per heavy atom. The van der Waals surface area contributed by atoms with E-state index in [1.807, 2.05) is 12.1 Å². The Bertz CT molecular complexity index is 1170. The van der Waals surface area contributed by atoms with Gasteiger partial charge in [0.25, 0.3) is 15.9 Å². The van der Waals surface area contributed by atoms with Crippen molar-refractivity contribution in [3.63, 3.8) is 0 Å². The van der Waals surface area contributed by atoms with Crippen LogP contribution in [0.25, 0.3) is 0 Å². The zero-order valence-corrected chi connectivity index (χ0v) is 17.8. The van der Waals surface area contributed by atoms with Crippen LogP contribution in [0.15, 0.2) is 65.7 Å². The van der Waals surface area contributed by atoms with E-state index >= 15 is 0 Å². The Labute approximate surface area is 179 Å².